The number of nitrogens with zero attached hydrogens (tertiary/aromatic N) is 2. The van der Waals surface area contributed by atoms with Gasteiger partial charge in [0.15, 0.2) is 0 Å². The van der Waals surface area contributed by atoms with Crippen molar-refractivity contribution in [3.63, 3.8) is 0 Å². The zero-order valence-electron chi connectivity index (χ0n) is 22.2. The molecule has 1 heterocycles. The zero-order valence-corrected chi connectivity index (χ0v) is 24.5. The van der Waals surface area contributed by atoms with Gasteiger partial charge in [0.2, 0.25) is 10.0 Å². The fraction of sp³-hybridized carbons (Fsp3) is 0.161. The highest BCUT2D eigenvalue weighted by Crippen LogP contribution is 2.27. The maximum Gasteiger partial charge on any atom is 0.262 e. The molecule has 1 N–H and O–H groups in total. The number of hydrogen-bond acceptors (Lipinski definition) is 5. The third kappa shape index (κ3) is 8.09. The van der Waals surface area contributed by atoms with Gasteiger partial charge < -0.3 is 9.73 Å². The lowest BCUT2D eigenvalue weighted by Crippen LogP contribution is -2.30. The van der Waals surface area contributed by atoms with Gasteiger partial charge in [0.1, 0.15) is 23.2 Å². The maximum atomic E-state index is 13.7. The second kappa shape index (κ2) is 13.7. The van der Waals surface area contributed by atoms with E-state index in [1.807, 2.05) is 43.3 Å². The monoisotopic (exact) mass is 607 g/mol. The van der Waals surface area contributed by atoms with E-state index < -0.39 is 15.9 Å². The number of furan rings is 1. The van der Waals surface area contributed by atoms with Crippen molar-refractivity contribution in [3.05, 3.63) is 129 Å². The molecule has 0 atom stereocenters. The van der Waals surface area contributed by atoms with Gasteiger partial charge >= 0.3 is 0 Å². The van der Waals surface area contributed by atoms with Crippen molar-refractivity contribution in [2.24, 2.45) is 0 Å². The second-order valence-electron chi connectivity index (χ2n) is 9.29. The lowest BCUT2D eigenvalue weighted by molar-refractivity contribution is -0.117. The first-order valence-corrected chi connectivity index (χ1v) is 14.9. The maximum absolute atomic E-state index is 13.7. The van der Waals surface area contributed by atoms with Crippen molar-refractivity contribution in [2.45, 2.75) is 31.3 Å². The van der Waals surface area contributed by atoms with Crippen LogP contribution in [-0.4, -0.2) is 25.2 Å². The Morgan fingerprint density at radius 1 is 1.00 bits per heavy atom. The van der Waals surface area contributed by atoms with Crippen LogP contribution in [0.25, 0.3) is 6.08 Å². The number of amides is 1. The molecular formula is C31H27Cl2N3O4S. The molecule has 10 heteroatoms. The highest BCUT2D eigenvalue weighted by Gasteiger charge is 2.27. The van der Waals surface area contributed by atoms with Crippen LogP contribution in [0.15, 0.2) is 99.8 Å². The summed E-state index contributed by atoms with van der Waals surface area (Å²) in [6.07, 6.45) is 1.95. The molecule has 1 amide bonds. The van der Waals surface area contributed by atoms with Crippen molar-refractivity contribution < 1.29 is 17.6 Å². The minimum absolute atomic E-state index is 0.0364. The van der Waals surface area contributed by atoms with E-state index in [2.05, 4.69) is 5.32 Å². The van der Waals surface area contributed by atoms with E-state index >= 15 is 0 Å². The molecule has 0 unspecified atom stereocenters. The zero-order chi connectivity index (χ0) is 29.4. The molecule has 0 radical (unpaired) electrons. The van der Waals surface area contributed by atoms with E-state index in [4.69, 9.17) is 27.6 Å². The number of aryl methyl sites for hydroxylation is 1. The van der Waals surface area contributed by atoms with Gasteiger partial charge in [-0.3, -0.25) is 4.79 Å². The number of rotatable bonds is 11. The fourth-order valence-corrected chi connectivity index (χ4v) is 5.86. The molecule has 0 aliphatic rings. The number of carbonyl (C=O) groups is 1. The molecule has 41 heavy (non-hydrogen) atoms. The van der Waals surface area contributed by atoms with Crippen molar-refractivity contribution in [3.8, 4) is 6.07 Å². The Morgan fingerprint density at radius 3 is 2.41 bits per heavy atom. The summed E-state index contributed by atoms with van der Waals surface area (Å²) >= 11 is 12.4. The average Bonchev–Trinajstić information content (AvgIpc) is 3.40. The molecule has 4 aromatic rings. The number of nitriles is 1. The lowest BCUT2D eigenvalue weighted by Gasteiger charge is -2.22. The molecule has 0 saturated carbocycles. The quantitative estimate of drug-likeness (QED) is 0.154. The van der Waals surface area contributed by atoms with Gasteiger partial charge in [-0.05, 0) is 60.9 Å². The molecule has 0 saturated heterocycles. The number of benzene rings is 3. The molecule has 4 rings (SSSR count). The van der Waals surface area contributed by atoms with E-state index in [1.165, 1.54) is 10.4 Å². The molecule has 0 aliphatic heterocycles. The Balaban J connectivity index is 1.53. The SMILES string of the molecule is Cc1ccc(S(=O)(=O)N(Cc2ccc(/C=C(/C#N)C(=O)NCCc3ccccc3)o2)Cc2ccc(Cl)cc2Cl)cc1. The largest absolute Gasteiger partial charge is 0.460 e. The minimum Gasteiger partial charge on any atom is -0.460 e. The summed E-state index contributed by atoms with van der Waals surface area (Å²) in [5.41, 5.74) is 2.43. The smallest absolute Gasteiger partial charge is 0.262 e. The van der Waals surface area contributed by atoms with Gasteiger partial charge in [-0.25, -0.2) is 8.42 Å². The van der Waals surface area contributed by atoms with Gasteiger partial charge in [0.25, 0.3) is 5.91 Å². The van der Waals surface area contributed by atoms with Crippen LogP contribution >= 0.6 is 23.2 Å². The molecule has 7 nitrogen and oxygen atoms in total. The van der Waals surface area contributed by atoms with Crippen LogP contribution in [0.3, 0.4) is 0 Å². The minimum atomic E-state index is -3.96. The summed E-state index contributed by atoms with van der Waals surface area (Å²) in [7, 11) is -3.96. The van der Waals surface area contributed by atoms with Crippen LogP contribution in [0.4, 0.5) is 0 Å². The molecule has 0 spiro atoms. The molecule has 1 aromatic heterocycles. The predicted octanol–water partition coefficient (Wildman–Crippen LogP) is 6.55. The summed E-state index contributed by atoms with van der Waals surface area (Å²) < 4.78 is 34.4. The molecule has 210 valence electrons. The van der Waals surface area contributed by atoms with E-state index in [0.717, 1.165) is 11.1 Å². The van der Waals surface area contributed by atoms with Crippen molar-refractivity contribution in [1.82, 2.24) is 9.62 Å². The molecular weight excluding hydrogens is 581 g/mol. The third-order valence-electron chi connectivity index (χ3n) is 6.23. The van der Waals surface area contributed by atoms with Crippen LogP contribution in [0, 0.1) is 18.3 Å². The number of hydrogen-bond donors (Lipinski definition) is 1. The molecule has 3 aromatic carbocycles. The van der Waals surface area contributed by atoms with Crippen LogP contribution in [0.5, 0.6) is 0 Å². The standard InChI is InChI=1S/C31H27Cl2N3O4S/c1-22-7-13-29(14-8-22)41(38,39)36(20-24-9-10-26(32)18-30(24)33)21-28-12-11-27(40-28)17-25(19-34)31(37)35-16-15-23-5-3-2-4-6-23/h2-14,17-18H,15-16,20-21H2,1H3,(H,35,37)/b25-17-. The van der Waals surface area contributed by atoms with Crippen LogP contribution in [0.1, 0.15) is 28.2 Å². The topological polar surface area (TPSA) is 103 Å². The Hall–Kier alpha value is -3.87. The number of carbonyl (C=O) groups excluding carboxylic acids is 1. The number of nitrogens with one attached hydrogen (secondary N) is 1. The van der Waals surface area contributed by atoms with Gasteiger partial charge in [-0.15, -0.1) is 0 Å². The first-order chi connectivity index (χ1) is 19.7. The van der Waals surface area contributed by atoms with Crippen molar-refractivity contribution in [1.29, 1.82) is 5.26 Å². The highest BCUT2D eigenvalue weighted by atomic mass is 35.5. The summed E-state index contributed by atoms with van der Waals surface area (Å²) in [6, 6.07) is 26.2. The lowest BCUT2D eigenvalue weighted by atomic mass is 10.1. The predicted molar refractivity (Wildman–Crippen MR) is 160 cm³/mol. The van der Waals surface area contributed by atoms with E-state index in [0.29, 0.717) is 34.3 Å². The van der Waals surface area contributed by atoms with Gasteiger partial charge in [0.05, 0.1) is 11.4 Å². The van der Waals surface area contributed by atoms with Crippen molar-refractivity contribution in [2.75, 3.05) is 6.54 Å². The average molecular weight is 609 g/mol. The Morgan fingerprint density at radius 2 is 1.73 bits per heavy atom. The second-order valence-corrected chi connectivity index (χ2v) is 12.1. The Labute approximate surface area is 249 Å². The molecule has 0 bridgehead atoms. The van der Waals surface area contributed by atoms with E-state index in [9.17, 15) is 18.5 Å². The number of sulfonamides is 1. The Bertz CT molecular complexity index is 1690. The fourth-order valence-electron chi connectivity index (χ4n) is 4.01. The molecule has 0 fully saturated rings. The van der Waals surface area contributed by atoms with E-state index in [1.54, 1.807) is 54.6 Å². The van der Waals surface area contributed by atoms with Crippen molar-refractivity contribution >= 4 is 45.2 Å². The van der Waals surface area contributed by atoms with Crippen LogP contribution in [-0.2, 0) is 34.3 Å². The van der Waals surface area contributed by atoms with Crippen LogP contribution < -0.4 is 5.32 Å². The first kappa shape index (κ1) is 30.1. The first-order valence-electron chi connectivity index (χ1n) is 12.7. The van der Waals surface area contributed by atoms with E-state index in [-0.39, 0.29) is 29.3 Å². The van der Waals surface area contributed by atoms with Crippen LogP contribution in [0.2, 0.25) is 10.0 Å². The highest BCUT2D eigenvalue weighted by molar-refractivity contribution is 7.89. The summed E-state index contributed by atoms with van der Waals surface area (Å²) in [4.78, 5) is 12.7. The summed E-state index contributed by atoms with van der Waals surface area (Å²) in [5.74, 6) is 0.0353. The summed E-state index contributed by atoms with van der Waals surface area (Å²) in [6.45, 7) is 2.09. The summed E-state index contributed by atoms with van der Waals surface area (Å²) in [5, 5.41) is 13.1. The molecule has 0 aliphatic carbocycles. The van der Waals surface area contributed by atoms with Gasteiger partial charge in [-0.2, -0.15) is 9.57 Å². The van der Waals surface area contributed by atoms with Gasteiger partial charge in [-0.1, -0.05) is 77.3 Å². The Kier molecular flexibility index (Phi) is 10.0. The van der Waals surface area contributed by atoms with Gasteiger partial charge in [0, 0.05) is 29.2 Å². The normalized spacial score (nSPS) is 11.8. The number of halogens is 2. The third-order valence-corrected chi connectivity index (χ3v) is 8.62.